The monoisotopic (exact) mass is 381 g/mol. The number of urea groups is 1. The van der Waals surface area contributed by atoms with Crippen molar-refractivity contribution >= 4 is 50.9 Å². The van der Waals surface area contributed by atoms with Gasteiger partial charge in [0.15, 0.2) is 0 Å². The average molecular weight is 382 g/mol. The van der Waals surface area contributed by atoms with Crippen molar-refractivity contribution in [1.82, 2.24) is 10.0 Å². The molecular weight excluding hydrogens is 365 g/mol. The molecule has 0 aliphatic carbocycles. The molecule has 0 heterocycles. The highest BCUT2D eigenvalue weighted by molar-refractivity contribution is 7.90. The summed E-state index contributed by atoms with van der Waals surface area (Å²) in [5.74, 6) is -0.374. The molecule has 3 N–H and O–H groups in total. The smallest absolute Gasteiger partial charge is 0.328 e. The second-order valence-electron chi connectivity index (χ2n) is 4.49. The maximum absolute atomic E-state index is 12.3. The van der Waals surface area contributed by atoms with Gasteiger partial charge in [-0.2, -0.15) is 0 Å². The molecule has 23 heavy (non-hydrogen) atoms. The summed E-state index contributed by atoms with van der Waals surface area (Å²) in [4.78, 5) is 22.9. The molecule has 128 valence electrons. The van der Waals surface area contributed by atoms with Crippen LogP contribution >= 0.6 is 23.2 Å². The number of carbonyl (C=O) groups is 2. The molecule has 0 aliphatic heterocycles. The Morgan fingerprint density at radius 1 is 1.26 bits per heavy atom. The highest BCUT2D eigenvalue weighted by Gasteiger charge is 2.22. The van der Waals surface area contributed by atoms with Gasteiger partial charge in [0.2, 0.25) is 5.91 Å². The van der Waals surface area contributed by atoms with Crippen molar-refractivity contribution in [3.8, 4) is 0 Å². The molecule has 1 aromatic rings. The minimum Gasteiger partial charge on any atom is -0.337 e. The number of benzene rings is 1. The number of rotatable bonds is 7. The lowest BCUT2D eigenvalue weighted by molar-refractivity contribution is -0.115. The standard InChI is InChI=1S/C13H17Cl2N3O4S/c1-2-7-16-13(20)18-23(21,22)11-4-3-9(15)8-10(11)17-12(19)5-6-14/h3-4,8H,2,5-7H2,1H3,(H,17,19)(H2,16,18,20). The summed E-state index contributed by atoms with van der Waals surface area (Å²) >= 11 is 11.3. The SMILES string of the molecule is CCCNC(=O)NS(=O)(=O)c1ccc(Cl)cc1NC(=O)CCCl. The Morgan fingerprint density at radius 3 is 2.57 bits per heavy atom. The second kappa shape index (κ2) is 8.95. The van der Waals surface area contributed by atoms with Gasteiger partial charge in [-0.3, -0.25) is 4.79 Å². The van der Waals surface area contributed by atoms with Crippen molar-refractivity contribution in [2.45, 2.75) is 24.7 Å². The van der Waals surface area contributed by atoms with Crippen LogP contribution in [0.15, 0.2) is 23.1 Å². The number of amides is 3. The van der Waals surface area contributed by atoms with E-state index in [1.54, 1.807) is 0 Å². The number of halogens is 2. The molecule has 1 rings (SSSR count). The zero-order valence-corrected chi connectivity index (χ0v) is 14.7. The van der Waals surface area contributed by atoms with Crippen LogP contribution in [0.25, 0.3) is 0 Å². The molecule has 0 saturated carbocycles. The lowest BCUT2D eigenvalue weighted by Gasteiger charge is -2.13. The number of alkyl halides is 1. The first-order valence-electron chi connectivity index (χ1n) is 6.76. The first-order chi connectivity index (χ1) is 10.8. The summed E-state index contributed by atoms with van der Waals surface area (Å²) in [6.45, 7) is 2.17. The van der Waals surface area contributed by atoms with Crippen LogP contribution in [0.2, 0.25) is 5.02 Å². The van der Waals surface area contributed by atoms with Gasteiger partial charge in [-0.1, -0.05) is 18.5 Å². The van der Waals surface area contributed by atoms with E-state index in [2.05, 4.69) is 10.6 Å². The van der Waals surface area contributed by atoms with Crippen LogP contribution < -0.4 is 15.4 Å². The quantitative estimate of drug-likeness (QED) is 0.630. The van der Waals surface area contributed by atoms with Crippen LogP contribution in [0.1, 0.15) is 19.8 Å². The number of carbonyl (C=O) groups excluding carboxylic acids is 2. The molecule has 0 unspecified atom stereocenters. The normalized spacial score (nSPS) is 10.9. The van der Waals surface area contributed by atoms with E-state index in [1.165, 1.54) is 18.2 Å². The number of hydrogen-bond acceptors (Lipinski definition) is 4. The fraction of sp³-hybridized carbons (Fsp3) is 0.385. The highest BCUT2D eigenvalue weighted by Crippen LogP contribution is 2.25. The van der Waals surface area contributed by atoms with Crippen molar-refractivity contribution < 1.29 is 18.0 Å². The largest absolute Gasteiger partial charge is 0.337 e. The molecule has 3 amide bonds. The zero-order valence-electron chi connectivity index (χ0n) is 12.4. The Morgan fingerprint density at radius 2 is 1.96 bits per heavy atom. The third-order valence-electron chi connectivity index (χ3n) is 2.59. The predicted molar refractivity (Wildman–Crippen MR) is 89.4 cm³/mol. The molecule has 0 atom stereocenters. The van der Waals surface area contributed by atoms with Gasteiger partial charge in [0, 0.05) is 23.9 Å². The first-order valence-corrected chi connectivity index (χ1v) is 9.15. The summed E-state index contributed by atoms with van der Waals surface area (Å²) < 4.78 is 26.4. The summed E-state index contributed by atoms with van der Waals surface area (Å²) in [5.41, 5.74) is -0.0246. The second-order valence-corrected chi connectivity index (χ2v) is 6.95. The third kappa shape index (κ3) is 6.25. The van der Waals surface area contributed by atoms with E-state index >= 15 is 0 Å². The molecule has 0 aromatic heterocycles. The van der Waals surface area contributed by atoms with Crippen LogP contribution in [0.4, 0.5) is 10.5 Å². The van der Waals surface area contributed by atoms with Crippen LogP contribution in [0.5, 0.6) is 0 Å². The van der Waals surface area contributed by atoms with E-state index in [0.717, 1.165) is 0 Å². The molecule has 10 heteroatoms. The lowest BCUT2D eigenvalue weighted by Crippen LogP contribution is -2.39. The van der Waals surface area contributed by atoms with Crippen LogP contribution in [0, 0.1) is 0 Å². The van der Waals surface area contributed by atoms with E-state index in [9.17, 15) is 18.0 Å². The topological polar surface area (TPSA) is 104 Å². The van der Waals surface area contributed by atoms with E-state index in [0.29, 0.717) is 13.0 Å². The van der Waals surface area contributed by atoms with Gasteiger partial charge in [-0.15, -0.1) is 11.6 Å². The molecule has 0 bridgehead atoms. The number of anilines is 1. The first kappa shape index (κ1) is 19.5. The fourth-order valence-corrected chi connectivity index (χ4v) is 3.00. The minimum atomic E-state index is -4.17. The van der Waals surface area contributed by atoms with E-state index in [4.69, 9.17) is 23.2 Å². The summed E-state index contributed by atoms with van der Waals surface area (Å²) in [7, 11) is -4.17. The van der Waals surface area contributed by atoms with Crippen LogP contribution in [-0.4, -0.2) is 32.8 Å². The molecule has 0 aliphatic rings. The summed E-state index contributed by atoms with van der Waals surface area (Å²) in [6, 6.07) is 2.98. The number of nitrogens with one attached hydrogen (secondary N) is 3. The lowest BCUT2D eigenvalue weighted by atomic mass is 10.3. The van der Waals surface area contributed by atoms with E-state index in [1.807, 2.05) is 11.6 Å². The zero-order chi connectivity index (χ0) is 17.5. The maximum Gasteiger partial charge on any atom is 0.328 e. The Kier molecular flexibility index (Phi) is 7.60. The number of sulfonamides is 1. The van der Waals surface area contributed by atoms with Gasteiger partial charge >= 0.3 is 6.03 Å². The molecule has 0 fully saturated rings. The summed E-state index contributed by atoms with van der Waals surface area (Å²) in [6.07, 6.45) is 0.673. The Bertz CT molecular complexity index is 680. The Labute approximate surface area is 144 Å². The number of hydrogen-bond donors (Lipinski definition) is 3. The van der Waals surface area contributed by atoms with Gasteiger partial charge in [-0.05, 0) is 24.6 Å². The van der Waals surface area contributed by atoms with Gasteiger partial charge in [-0.25, -0.2) is 17.9 Å². The van der Waals surface area contributed by atoms with Crippen molar-refractivity contribution in [2.24, 2.45) is 0 Å². The Hall–Kier alpha value is -1.51. The van der Waals surface area contributed by atoms with Crippen LogP contribution in [0.3, 0.4) is 0 Å². The molecule has 0 spiro atoms. The van der Waals surface area contributed by atoms with Crippen molar-refractivity contribution in [3.63, 3.8) is 0 Å². The van der Waals surface area contributed by atoms with E-state index < -0.39 is 22.0 Å². The average Bonchev–Trinajstić information content (AvgIpc) is 2.44. The van der Waals surface area contributed by atoms with Crippen LogP contribution in [-0.2, 0) is 14.8 Å². The van der Waals surface area contributed by atoms with Crippen molar-refractivity contribution in [2.75, 3.05) is 17.7 Å². The highest BCUT2D eigenvalue weighted by atomic mass is 35.5. The van der Waals surface area contributed by atoms with Crippen molar-refractivity contribution in [3.05, 3.63) is 23.2 Å². The van der Waals surface area contributed by atoms with E-state index in [-0.39, 0.29) is 27.9 Å². The minimum absolute atomic E-state index is 0.0119. The van der Waals surface area contributed by atoms with Gasteiger partial charge in [0.1, 0.15) is 4.90 Å². The predicted octanol–water partition coefficient (Wildman–Crippen LogP) is 2.31. The van der Waals surface area contributed by atoms with Gasteiger partial charge in [0.05, 0.1) is 5.69 Å². The Balaban J connectivity index is 3.05. The third-order valence-corrected chi connectivity index (χ3v) is 4.40. The fourth-order valence-electron chi connectivity index (χ4n) is 1.58. The maximum atomic E-state index is 12.3. The molecule has 0 saturated heterocycles. The molecule has 7 nitrogen and oxygen atoms in total. The molecule has 1 aromatic carbocycles. The van der Waals surface area contributed by atoms with Crippen molar-refractivity contribution in [1.29, 1.82) is 0 Å². The van der Waals surface area contributed by atoms with Gasteiger partial charge in [0.25, 0.3) is 10.0 Å². The summed E-state index contributed by atoms with van der Waals surface area (Å²) in [5, 5.41) is 5.04. The molecular formula is C13H17Cl2N3O4S. The molecule has 0 radical (unpaired) electrons. The van der Waals surface area contributed by atoms with Gasteiger partial charge < -0.3 is 10.6 Å².